The van der Waals surface area contributed by atoms with E-state index in [-0.39, 0.29) is 11.6 Å². The minimum Gasteiger partial charge on any atom is -0.361 e. The second-order valence-corrected chi connectivity index (χ2v) is 3.57. The summed E-state index contributed by atoms with van der Waals surface area (Å²) in [6.07, 6.45) is 4.38. The Hall–Kier alpha value is -2.49. The minimum atomic E-state index is -0.329. The highest BCUT2D eigenvalue weighted by Gasteiger charge is 2.00. The number of rotatable bonds is 4. The summed E-state index contributed by atoms with van der Waals surface area (Å²) in [4.78, 5) is 15.6. The SMILES string of the molecule is O=C(/C=C\Nc1cccc(F)c1)c1ccccn1. The fourth-order valence-corrected chi connectivity index (χ4v) is 1.39. The number of halogens is 1. The molecule has 0 unspecified atom stereocenters. The normalized spacial score (nSPS) is 10.5. The molecular formula is C14H11FN2O. The molecule has 90 valence electrons. The third-order valence-electron chi connectivity index (χ3n) is 2.23. The van der Waals surface area contributed by atoms with Gasteiger partial charge in [-0.05, 0) is 30.3 Å². The molecule has 1 aromatic heterocycles. The molecule has 18 heavy (non-hydrogen) atoms. The molecule has 0 saturated carbocycles. The molecule has 2 rings (SSSR count). The number of aromatic nitrogens is 1. The minimum absolute atomic E-state index is 0.209. The van der Waals surface area contributed by atoms with E-state index in [1.165, 1.54) is 24.4 Å². The van der Waals surface area contributed by atoms with Crippen LogP contribution in [-0.2, 0) is 0 Å². The third kappa shape index (κ3) is 3.25. The number of anilines is 1. The van der Waals surface area contributed by atoms with Gasteiger partial charge >= 0.3 is 0 Å². The topological polar surface area (TPSA) is 42.0 Å². The number of nitrogens with zero attached hydrogens (tertiary/aromatic N) is 1. The summed E-state index contributed by atoms with van der Waals surface area (Å²) in [6.45, 7) is 0. The van der Waals surface area contributed by atoms with E-state index >= 15 is 0 Å². The van der Waals surface area contributed by atoms with Crippen LogP contribution in [0.15, 0.2) is 60.9 Å². The fourth-order valence-electron chi connectivity index (χ4n) is 1.39. The zero-order valence-corrected chi connectivity index (χ0v) is 9.51. The van der Waals surface area contributed by atoms with Crippen LogP contribution in [-0.4, -0.2) is 10.8 Å². The average Bonchev–Trinajstić information content (AvgIpc) is 2.40. The molecule has 1 heterocycles. The van der Waals surface area contributed by atoms with Crippen LogP contribution in [0.25, 0.3) is 0 Å². The van der Waals surface area contributed by atoms with Gasteiger partial charge in [-0.2, -0.15) is 0 Å². The Balaban J connectivity index is 1.98. The van der Waals surface area contributed by atoms with Crippen LogP contribution in [0.5, 0.6) is 0 Å². The van der Waals surface area contributed by atoms with Crippen LogP contribution in [0.4, 0.5) is 10.1 Å². The van der Waals surface area contributed by atoms with Crippen LogP contribution < -0.4 is 5.32 Å². The van der Waals surface area contributed by atoms with Gasteiger partial charge in [-0.25, -0.2) is 4.39 Å². The summed E-state index contributed by atoms with van der Waals surface area (Å²) < 4.78 is 12.9. The van der Waals surface area contributed by atoms with Gasteiger partial charge in [-0.3, -0.25) is 9.78 Å². The molecule has 0 aliphatic heterocycles. The highest BCUT2D eigenvalue weighted by molar-refractivity contribution is 6.03. The first-order chi connectivity index (χ1) is 8.75. The standard InChI is InChI=1S/C14H11FN2O/c15-11-4-3-5-12(10-11)16-9-7-14(18)13-6-1-2-8-17-13/h1-10,16H/b9-7-. The van der Waals surface area contributed by atoms with Crippen molar-refractivity contribution in [2.45, 2.75) is 0 Å². The zero-order chi connectivity index (χ0) is 12.8. The number of pyridine rings is 1. The number of nitrogens with one attached hydrogen (secondary N) is 1. The summed E-state index contributed by atoms with van der Waals surface area (Å²) in [6, 6.07) is 11.1. The molecule has 0 fully saturated rings. The van der Waals surface area contributed by atoms with Gasteiger partial charge < -0.3 is 5.32 Å². The van der Waals surface area contributed by atoms with Crippen molar-refractivity contribution in [1.29, 1.82) is 0 Å². The predicted octanol–water partition coefficient (Wildman–Crippen LogP) is 3.03. The molecule has 0 aliphatic rings. The second-order valence-electron chi connectivity index (χ2n) is 3.57. The van der Waals surface area contributed by atoms with Gasteiger partial charge in [0.2, 0.25) is 5.78 Å². The van der Waals surface area contributed by atoms with Gasteiger partial charge in [0.05, 0.1) is 0 Å². The number of ketones is 1. The monoisotopic (exact) mass is 242 g/mol. The maximum atomic E-state index is 12.9. The number of carbonyl (C=O) groups is 1. The van der Waals surface area contributed by atoms with Gasteiger partial charge in [0.25, 0.3) is 0 Å². The lowest BCUT2D eigenvalue weighted by molar-refractivity contribution is 0.104. The van der Waals surface area contributed by atoms with Crippen molar-refractivity contribution in [1.82, 2.24) is 4.98 Å². The molecule has 0 spiro atoms. The van der Waals surface area contributed by atoms with Crippen molar-refractivity contribution < 1.29 is 9.18 Å². The Morgan fingerprint density at radius 1 is 1.22 bits per heavy atom. The summed E-state index contributed by atoms with van der Waals surface area (Å²) in [5.41, 5.74) is 0.954. The maximum absolute atomic E-state index is 12.9. The van der Waals surface area contributed by atoms with E-state index in [1.807, 2.05) is 0 Å². The summed E-state index contributed by atoms with van der Waals surface area (Å²) in [7, 11) is 0. The van der Waals surface area contributed by atoms with E-state index < -0.39 is 0 Å². The fraction of sp³-hybridized carbons (Fsp3) is 0. The van der Waals surface area contributed by atoms with Gasteiger partial charge in [0.1, 0.15) is 11.5 Å². The molecule has 0 amide bonds. The van der Waals surface area contributed by atoms with Crippen molar-refractivity contribution in [3.05, 3.63) is 72.4 Å². The van der Waals surface area contributed by atoms with Gasteiger partial charge in [-0.15, -0.1) is 0 Å². The predicted molar refractivity (Wildman–Crippen MR) is 67.7 cm³/mol. The van der Waals surface area contributed by atoms with E-state index in [0.717, 1.165) is 0 Å². The lowest BCUT2D eigenvalue weighted by Gasteiger charge is -1.99. The number of benzene rings is 1. The van der Waals surface area contributed by atoms with E-state index in [1.54, 1.807) is 36.5 Å². The van der Waals surface area contributed by atoms with Crippen molar-refractivity contribution in [2.75, 3.05) is 5.32 Å². The van der Waals surface area contributed by atoms with Crippen LogP contribution in [0.3, 0.4) is 0 Å². The number of hydrogen-bond acceptors (Lipinski definition) is 3. The summed E-state index contributed by atoms with van der Waals surface area (Å²) >= 11 is 0. The van der Waals surface area contributed by atoms with E-state index in [0.29, 0.717) is 11.4 Å². The Labute approximate surface area is 104 Å². The molecule has 0 radical (unpaired) electrons. The van der Waals surface area contributed by atoms with Gasteiger partial charge in [0.15, 0.2) is 0 Å². The highest BCUT2D eigenvalue weighted by Crippen LogP contribution is 2.08. The first-order valence-electron chi connectivity index (χ1n) is 5.40. The third-order valence-corrected chi connectivity index (χ3v) is 2.23. The average molecular weight is 242 g/mol. The van der Waals surface area contributed by atoms with Crippen LogP contribution >= 0.6 is 0 Å². The number of carbonyl (C=O) groups excluding carboxylic acids is 1. The van der Waals surface area contributed by atoms with E-state index in [9.17, 15) is 9.18 Å². The van der Waals surface area contributed by atoms with Crippen molar-refractivity contribution in [3.63, 3.8) is 0 Å². The molecule has 0 saturated heterocycles. The molecule has 1 aromatic carbocycles. The van der Waals surface area contributed by atoms with Crippen molar-refractivity contribution >= 4 is 11.5 Å². The Morgan fingerprint density at radius 2 is 2.11 bits per heavy atom. The smallest absolute Gasteiger partial charge is 0.205 e. The van der Waals surface area contributed by atoms with Crippen molar-refractivity contribution in [2.24, 2.45) is 0 Å². The lowest BCUT2D eigenvalue weighted by atomic mass is 10.2. The summed E-state index contributed by atoms with van der Waals surface area (Å²) in [5.74, 6) is -0.538. The number of hydrogen-bond donors (Lipinski definition) is 1. The Morgan fingerprint density at radius 3 is 2.83 bits per heavy atom. The van der Waals surface area contributed by atoms with Crippen LogP contribution in [0.1, 0.15) is 10.5 Å². The quantitative estimate of drug-likeness (QED) is 0.662. The first kappa shape index (κ1) is 12.0. The van der Waals surface area contributed by atoms with E-state index in [4.69, 9.17) is 0 Å². The first-order valence-corrected chi connectivity index (χ1v) is 5.40. The Kier molecular flexibility index (Phi) is 3.81. The van der Waals surface area contributed by atoms with Gasteiger partial charge in [0, 0.05) is 24.2 Å². The Bertz CT molecular complexity index is 567. The van der Waals surface area contributed by atoms with E-state index in [2.05, 4.69) is 10.3 Å². The largest absolute Gasteiger partial charge is 0.361 e. The van der Waals surface area contributed by atoms with Crippen LogP contribution in [0.2, 0.25) is 0 Å². The second kappa shape index (κ2) is 5.72. The maximum Gasteiger partial charge on any atom is 0.205 e. The van der Waals surface area contributed by atoms with Crippen molar-refractivity contribution in [3.8, 4) is 0 Å². The zero-order valence-electron chi connectivity index (χ0n) is 9.51. The molecule has 3 nitrogen and oxygen atoms in total. The molecule has 0 aliphatic carbocycles. The lowest BCUT2D eigenvalue weighted by Crippen LogP contribution is -1.98. The van der Waals surface area contributed by atoms with Crippen LogP contribution in [0, 0.1) is 5.82 Å². The molecule has 0 bridgehead atoms. The summed E-state index contributed by atoms with van der Waals surface area (Å²) in [5, 5.41) is 2.82. The molecular weight excluding hydrogens is 231 g/mol. The molecule has 4 heteroatoms. The van der Waals surface area contributed by atoms with Gasteiger partial charge in [-0.1, -0.05) is 12.1 Å². The highest BCUT2D eigenvalue weighted by atomic mass is 19.1. The molecule has 0 atom stereocenters. The molecule has 1 N–H and O–H groups in total. The number of allylic oxidation sites excluding steroid dienone is 1. The molecule has 2 aromatic rings.